The van der Waals surface area contributed by atoms with Crippen LogP contribution in [0.25, 0.3) is 0 Å². The van der Waals surface area contributed by atoms with Gasteiger partial charge in [0.15, 0.2) is 0 Å². The molecule has 0 aromatic rings. The largest absolute Gasteiger partial charge is 0.369 e. The Morgan fingerprint density at radius 3 is 2.75 bits per heavy atom. The molecule has 4 nitrogen and oxygen atoms in total. The van der Waals surface area contributed by atoms with Crippen molar-refractivity contribution in [3.8, 4) is 0 Å². The third-order valence-electron chi connectivity index (χ3n) is 3.07. The number of hydrogen-bond acceptors (Lipinski definition) is 3. The molecule has 0 saturated carbocycles. The van der Waals surface area contributed by atoms with Crippen molar-refractivity contribution in [1.82, 2.24) is 10.2 Å². The van der Waals surface area contributed by atoms with E-state index in [0.717, 1.165) is 25.9 Å². The smallest absolute Gasteiger partial charge is 0.231 e. The molecule has 1 fully saturated rings. The molecule has 1 amide bonds. The Morgan fingerprint density at radius 1 is 1.56 bits per heavy atom. The average Bonchev–Trinajstić information content (AvgIpc) is 2.15. The van der Waals surface area contributed by atoms with Crippen LogP contribution < -0.4 is 11.1 Å². The van der Waals surface area contributed by atoms with Crippen molar-refractivity contribution >= 4 is 5.91 Å². The number of piperidine rings is 1. The van der Waals surface area contributed by atoms with Gasteiger partial charge in [-0.1, -0.05) is 13.8 Å². The first-order valence-electron chi connectivity index (χ1n) is 6.24. The van der Waals surface area contributed by atoms with Gasteiger partial charge in [-0.2, -0.15) is 0 Å². The van der Waals surface area contributed by atoms with Gasteiger partial charge >= 0.3 is 0 Å². The molecular weight excluding hydrogens is 202 g/mol. The zero-order valence-corrected chi connectivity index (χ0v) is 10.7. The molecule has 1 aliphatic rings. The van der Waals surface area contributed by atoms with Gasteiger partial charge < -0.3 is 11.1 Å². The minimum atomic E-state index is -0.216. The molecular formula is C12H25N3O. The number of nitrogens with zero attached hydrogens (tertiary/aromatic N) is 1. The van der Waals surface area contributed by atoms with Crippen LogP contribution in [0.2, 0.25) is 0 Å². The summed E-state index contributed by atoms with van der Waals surface area (Å²) in [5, 5.41) is 3.43. The Bertz CT molecular complexity index is 230. The Kier molecular flexibility index (Phi) is 5.22. The number of nitrogens with one attached hydrogen (secondary N) is 1. The van der Waals surface area contributed by atoms with Gasteiger partial charge in [-0.25, -0.2) is 0 Å². The van der Waals surface area contributed by atoms with Crippen LogP contribution in [0.5, 0.6) is 0 Å². The molecule has 1 saturated heterocycles. The predicted octanol–water partition coefficient (Wildman–Crippen LogP) is 0.570. The van der Waals surface area contributed by atoms with Crippen LogP contribution in [-0.2, 0) is 4.79 Å². The van der Waals surface area contributed by atoms with E-state index in [1.807, 2.05) is 0 Å². The highest BCUT2D eigenvalue weighted by Gasteiger charge is 2.25. The molecule has 0 radical (unpaired) electrons. The minimum Gasteiger partial charge on any atom is -0.369 e. The van der Waals surface area contributed by atoms with Gasteiger partial charge in [0.05, 0.1) is 6.54 Å². The maximum absolute atomic E-state index is 11.1. The van der Waals surface area contributed by atoms with E-state index in [0.29, 0.717) is 24.5 Å². The van der Waals surface area contributed by atoms with Crippen molar-refractivity contribution in [3.63, 3.8) is 0 Å². The third kappa shape index (κ3) is 4.49. The Labute approximate surface area is 98.6 Å². The monoisotopic (exact) mass is 227 g/mol. The average molecular weight is 227 g/mol. The second kappa shape index (κ2) is 6.21. The van der Waals surface area contributed by atoms with E-state index in [1.165, 1.54) is 0 Å². The quantitative estimate of drug-likeness (QED) is 0.722. The second-order valence-electron chi connectivity index (χ2n) is 5.32. The van der Waals surface area contributed by atoms with Crippen LogP contribution in [-0.4, -0.2) is 42.5 Å². The highest BCUT2D eigenvalue weighted by molar-refractivity contribution is 5.75. The van der Waals surface area contributed by atoms with E-state index in [-0.39, 0.29) is 5.91 Å². The SMILES string of the molecule is CC(C)CN(CC(N)=O)C1CCNC(C)C1. The van der Waals surface area contributed by atoms with Gasteiger partial charge in [0, 0.05) is 18.6 Å². The maximum atomic E-state index is 11.1. The third-order valence-corrected chi connectivity index (χ3v) is 3.07. The maximum Gasteiger partial charge on any atom is 0.231 e. The van der Waals surface area contributed by atoms with Gasteiger partial charge in [0.1, 0.15) is 0 Å². The lowest BCUT2D eigenvalue weighted by Crippen LogP contribution is -2.50. The van der Waals surface area contributed by atoms with Gasteiger partial charge in [-0.3, -0.25) is 9.69 Å². The van der Waals surface area contributed by atoms with E-state index < -0.39 is 0 Å². The lowest BCUT2D eigenvalue weighted by atomic mass is 9.98. The van der Waals surface area contributed by atoms with E-state index in [2.05, 4.69) is 31.0 Å². The molecule has 1 aliphatic heterocycles. The van der Waals surface area contributed by atoms with Crippen LogP contribution >= 0.6 is 0 Å². The molecule has 1 heterocycles. The van der Waals surface area contributed by atoms with Crippen LogP contribution in [0.1, 0.15) is 33.6 Å². The summed E-state index contributed by atoms with van der Waals surface area (Å²) in [7, 11) is 0. The number of primary amides is 1. The molecule has 0 aromatic heterocycles. The molecule has 1 rings (SSSR count). The predicted molar refractivity (Wildman–Crippen MR) is 66.1 cm³/mol. The normalized spacial score (nSPS) is 26.3. The second-order valence-corrected chi connectivity index (χ2v) is 5.32. The van der Waals surface area contributed by atoms with Crippen molar-refractivity contribution in [2.75, 3.05) is 19.6 Å². The molecule has 16 heavy (non-hydrogen) atoms. The summed E-state index contributed by atoms with van der Waals surface area (Å²) in [4.78, 5) is 13.3. The summed E-state index contributed by atoms with van der Waals surface area (Å²) in [6.07, 6.45) is 2.23. The number of amides is 1. The van der Waals surface area contributed by atoms with Gasteiger partial charge in [0.25, 0.3) is 0 Å². The highest BCUT2D eigenvalue weighted by atomic mass is 16.1. The van der Waals surface area contributed by atoms with Gasteiger partial charge in [-0.05, 0) is 32.2 Å². The summed E-state index contributed by atoms with van der Waals surface area (Å²) < 4.78 is 0. The van der Waals surface area contributed by atoms with Crippen LogP contribution in [0.3, 0.4) is 0 Å². The molecule has 0 bridgehead atoms. The lowest BCUT2D eigenvalue weighted by Gasteiger charge is -2.37. The van der Waals surface area contributed by atoms with Crippen molar-refractivity contribution < 1.29 is 4.79 Å². The number of hydrogen-bond donors (Lipinski definition) is 2. The zero-order chi connectivity index (χ0) is 12.1. The summed E-state index contributed by atoms with van der Waals surface area (Å²) in [5.41, 5.74) is 5.31. The molecule has 0 spiro atoms. The number of rotatable bonds is 5. The molecule has 0 aromatic carbocycles. The van der Waals surface area contributed by atoms with Gasteiger partial charge in [0.2, 0.25) is 5.91 Å². The van der Waals surface area contributed by atoms with Crippen molar-refractivity contribution in [2.45, 2.75) is 45.7 Å². The number of carbonyl (C=O) groups is 1. The van der Waals surface area contributed by atoms with Crippen LogP contribution in [0.4, 0.5) is 0 Å². The fraction of sp³-hybridized carbons (Fsp3) is 0.917. The highest BCUT2D eigenvalue weighted by Crippen LogP contribution is 2.16. The summed E-state index contributed by atoms with van der Waals surface area (Å²) >= 11 is 0. The zero-order valence-electron chi connectivity index (χ0n) is 10.7. The Balaban J connectivity index is 2.55. The minimum absolute atomic E-state index is 0.216. The molecule has 94 valence electrons. The molecule has 4 heteroatoms. The van der Waals surface area contributed by atoms with Crippen LogP contribution in [0, 0.1) is 5.92 Å². The summed E-state index contributed by atoms with van der Waals surface area (Å²) in [5.74, 6) is 0.358. The molecule has 2 atom stereocenters. The number of nitrogens with two attached hydrogens (primary N) is 1. The van der Waals surface area contributed by atoms with Crippen molar-refractivity contribution in [2.24, 2.45) is 11.7 Å². The molecule has 0 aliphatic carbocycles. The Morgan fingerprint density at radius 2 is 2.25 bits per heavy atom. The lowest BCUT2D eigenvalue weighted by molar-refractivity contribution is -0.120. The first-order valence-corrected chi connectivity index (χ1v) is 6.24. The summed E-state index contributed by atoms with van der Waals surface area (Å²) in [6.45, 7) is 8.95. The standard InChI is InChI=1S/C12H25N3O/c1-9(2)7-15(8-12(13)16)11-4-5-14-10(3)6-11/h9-11,14H,4-8H2,1-3H3,(H2,13,16). The fourth-order valence-electron chi connectivity index (χ4n) is 2.45. The van der Waals surface area contributed by atoms with E-state index >= 15 is 0 Å². The van der Waals surface area contributed by atoms with E-state index in [9.17, 15) is 4.79 Å². The van der Waals surface area contributed by atoms with E-state index in [1.54, 1.807) is 0 Å². The molecule has 3 N–H and O–H groups in total. The van der Waals surface area contributed by atoms with E-state index in [4.69, 9.17) is 5.73 Å². The summed E-state index contributed by atoms with van der Waals surface area (Å²) in [6, 6.07) is 1.05. The van der Waals surface area contributed by atoms with Crippen LogP contribution in [0.15, 0.2) is 0 Å². The molecule has 2 unspecified atom stereocenters. The van der Waals surface area contributed by atoms with Crippen molar-refractivity contribution in [3.05, 3.63) is 0 Å². The first-order chi connectivity index (χ1) is 7.49. The number of carbonyl (C=O) groups excluding carboxylic acids is 1. The van der Waals surface area contributed by atoms with Gasteiger partial charge in [-0.15, -0.1) is 0 Å². The van der Waals surface area contributed by atoms with Crippen molar-refractivity contribution in [1.29, 1.82) is 0 Å². The topological polar surface area (TPSA) is 58.4 Å². The Hall–Kier alpha value is -0.610. The fourth-order valence-corrected chi connectivity index (χ4v) is 2.45. The first kappa shape index (κ1) is 13.5.